The number of nitrogens with one attached hydrogen (secondary N) is 1. The predicted octanol–water partition coefficient (Wildman–Crippen LogP) is 3.16. The van der Waals surface area contributed by atoms with Gasteiger partial charge in [0.2, 0.25) is 15.9 Å². The Morgan fingerprint density at radius 2 is 1.85 bits per heavy atom. The smallest absolute Gasteiger partial charge is 0.407 e. The molecular weight excluding hydrogens is 482 g/mol. The number of sulfonamides is 1. The molecule has 0 aliphatic carbocycles. The van der Waals surface area contributed by atoms with Crippen LogP contribution in [-0.4, -0.2) is 74.1 Å². The minimum atomic E-state index is -3.58. The maximum atomic E-state index is 12.9. The first-order valence-corrected chi connectivity index (χ1v) is 13.4. The zero-order valence-corrected chi connectivity index (χ0v) is 21.6. The molecule has 1 N–H and O–H groups in total. The first kappa shape index (κ1) is 26.7. The van der Waals surface area contributed by atoms with Gasteiger partial charge in [-0.25, -0.2) is 13.2 Å². The average Bonchev–Trinajstić information content (AvgIpc) is 3.22. The van der Waals surface area contributed by atoms with Crippen LogP contribution in [0.15, 0.2) is 23.1 Å². The van der Waals surface area contributed by atoms with Crippen LogP contribution in [0.4, 0.5) is 4.79 Å². The zero-order valence-electron chi connectivity index (χ0n) is 20.0. The molecule has 1 unspecified atom stereocenters. The molecule has 0 saturated carbocycles. The molecule has 0 bridgehead atoms. The minimum absolute atomic E-state index is 0.0152. The maximum Gasteiger partial charge on any atom is 0.407 e. The predicted molar refractivity (Wildman–Crippen MR) is 128 cm³/mol. The van der Waals surface area contributed by atoms with Crippen molar-refractivity contribution in [2.45, 2.75) is 69.6 Å². The normalized spacial score (nSPS) is 19.8. The summed E-state index contributed by atoms with van der Waals surface area (Å²) in [6, 6.07) is 4.40. The van der Waals surface area contributed by atoms with Gasteiger partial charge in [-0.3, -0.25) is 4.79 Å². The van der Waals surface area contributed by atoms with Crippen LogP contribution in [0.3, 0.4) is 0 Å². The van der Waals surface area contributed by atoms with Gasteiger partial charge in [-0.15, -0.1) is 0 Å². The lowest BCUT2D eigenvalue weighted by Crippen LogP contribution is -2.41. The lowest BCUT2D eigenvalue weighted by Gasteiger charge is -2.26. The molecule has 1 aromatic carbocycles. The Kier molecular flexibility index (Phi) is 8.83. The topological polar surface area (TPSA) is 105 Å². The fourth-order valence-corrected chi connectivity index (χ4v) is 5.74. The molecule has 34 heavy (non-hydrogen) atoms. The Labute approximate surface area is 206 Å². The van der Waals surface area contributed by atoms with E-state index in [0.717, 1.165) is 19.3 Å². The fourth-order valence-electron chi connectivity index (χ4n) is 3.99. The number of likely N-dealkylation sites (tertiary alicyclic amines) is 1. The van der Waals surface area contributed by atoms with Gasteiger partial charge in [0.05, 0.1) is 17.5 Å². The summed E-state index contributed by atoms with van der Waals surface area (Å²) in [5.41, 5.74) is -0.0731. The molecule has 190 valence electrons. The van der Waals surface area contributed by atoms with E-state index in [1.54, 1.807) is 31.7 Å². The molecule has 0 radical (unpaired) electrons. The number of halogens is 1. The fraction of sp³-hybridized carbons (Fsp3) is 0.652. The van der Waals surface area contributed by atoms with Gasteiger partial charge >= 0.3 is 6.09 Å². The highest BCUT2D eigenvalue weighted by Gasteiger charge is 2.29. The standard InChI is InChI=1S/C23H34ClN3O6S/c1-23(2,3)33-22(29)25-18-9-12-26(14-18)21(28)16-32-15-17-13-19(7-8-20(17)24)34(30,31)27-10-5-4-6-11-27/h7-8,13,18H,4-6,9-12,14-16H2,1-3H3,(H,25,29). The molecular formula is C23H34ClN3O6S. The molecule has 11 heteroatoms. The second kappa shape index (κ2) is 11.2. The molecule has 2 saturated heterocycles. The van der Waals surface area contributed by atoms with Gasteiger partial charge in [-0.05, 0) is 63.8 Å². The van der Waals surface area contributed by atoms with Crippen molar-refractivity contribution in [3.63, 3.8) is 0 Å². The third-order valence-electron chi connectivity index (χ3n) is 5.71. The molecule has 0 spiro atoms. The summed E-state index contributed by atoms with van der Waals surface area (Å²) < 4.78 is 38.2. The van der Waals surface area contributed by atoms with Gasteiger partial charge in [0.15, 0.2) is 0 Å². The highest BCUT2D eigenvalue weighted by atomic mass is 35.5. The highest BCUT2D eigenvalue weighted by Crippen LogP contribution is 2.25. The molecule has 2 fully saturated rings. The summed E-state index contributed by atoms with van der Waals surface area (Å²) in [6.07, 6.45) is 2.88. The Bertz CT molecular complexity index is 989. The van der Waals surface area contributed by atoms with E-state index in [9.17, 15) is 18.0 Å². The van der Waals surface area contributed by atoms with Gasteiger partial charge in [0.25, 0.3) is 0 Å². The number of carbonyl (C=O) groups is 2. The SMILES string of the molecule is CC(C)(C)OC(=O)NC1CCN(C(=O)COCc2cc(S(=O)(=O)N3CCCCC3)ccc2Cl)C1. The molecule has 0 aromatic heterocycles. The summed E-state index contributed by atoms with van der Waals surface area (Å²) in [5.74, 6) is -0.207. The monoisotopic (exact) mass is 515 g/mol. The second-order valence-electron chi connectivity index (χ2n) is 9.68. The van der Waals surface area contributed by atoms with Crippen LogP contribution >= 0.6 is 11.6 Å². The van der Waals surface area contributed by atoms with Crippen LogP contribution in [0, 0.1) is 0 Å². The number of piperidine rings is 1. The summed E-state index contributed by atoms with van der Waals surface area (Å²) in [6.45, 7) is 7.15. The number of carbonyl (C=O) groups excluding carboxylic acids is 2. The van der Waals surface area contributed by atoms with Crippen LogP contribution in [0.25, 0.3) is 0 Å². The van der Waals surface area contributed by atoms with E-state index in [1.165, 1.54) is 16.4 Å². The van der Waals surface area contributed by atoms with E-state index in [2.05, 4.69) is 5.32 Å². The second-order valence-corrected chi connectivity index (χ2v) is 12.0. The summed E-state index contributed by atoms with van der Waals surface area (Å²) in [4.78, 5) is 26.3. The molecule has 3 rings (SSSR count). The number of ether oxygens (including phenoxy) is 2. The number of hydrogen-bond donors (Lipinski definition) is 1. The van der Waals surface area contributed by atoms with Gasteiger partial charge < -0.3 is 19.7 Å². The van der Waals surface area contributed by atoms with Crippen LogP contribution in [0.1, 0.15) is 52.0 Å². The summed E-state index contributed by atoms with van der Waals surface area (Å²) >= 11 is 6.25. The summed E-state index contributed by atoms with van der Waals surface area (Å²) in [5, 5.41) is 3.17. The highest BCUT2D eigenvalue weighted by molar-refractivity contribution is 7.89. The number of rotatable bonds is 7. The molecule has 1 aromatic rings. The van der Waals surface area contributed by atoms with Crippen LogP contribution in [0.5, 0.6) is 0 Å². The van der Waals surface area contributed by atoms with E-state index in [0.29, 0.717) is 43.2 Å². The number of nitrogens with zero attached hydrogens (tertiary/aromatic N) is 2. The van der Waals surface area contributed by atoms with Crippen molar-refractivity contribution in [1.29, 1.82) is 0 Å². The van der Waals surface area contributed by atoms with Crippen LogP contribution in [0.2, 0.25) is 5.02 Å². The van der Waals surface area contributed by atoms with E-state index in [4.69, 9.17) is 21.1 Å². The third kappa shape index (κ3) is 7.31. The van der Waals surface area contributed by atoms with E-state index >= 15 is 0 Å². The molecule has 1 atom stereocenters. The number of benzene rings is 1. The Morgan fingerprint density at radius 3 is 2.53 bits per heavy atom. The molecule has 2 heterocycles. The molecule has 9 nitrogen and oxygen atoms in total. The number of hydrogen-bond acceptors (Lipinski definition) is 6. The van der Waals surface area contributed by atoms with Crippen molar-refractivity contribution >= 4 is 33.6 Å². The Balaban J connectivity index is 1.50. The van der Waals surface area contributed by atoms with Gasteiger partial charge in [0.1, 0.15) is 12.2 Å². The first-order valence-electron chi connectivity index (χ1n) is 11.6. The molecule has 2 aliphatic rings. The third-order valence-corrected chi connectivity index (χ3v) is 7.98. The van der Waals surface area contributed by atoms with E-state index in [-0.39, 0.29) is 30.1 Å². The molecule has 2 amide bonds. The minimum Gasteiger partial charge on any atom is -0.444 e. The Hall–Kier alpha value is -1.88. The maximum absolute atomic E-state index is 12.9. The van der Waals surface area contributed by atoms with Crippen molar-refractivity contribution in [3.8, 4) is 0 Å². The van der Waals surface area contributed by atoms with Crippen LogP contribution < -0.4 is 5.32 Å². The lowest BCUT2D eigenvalue weighted by atomic mass is 10.2. The van der Waals surface area contributed by atoms with Crippen molar-refractivity contribution in [1.82, 2.24) is 14.5 Å². The van der Waals surface area contributed by atoms with Gasteiger partial charge in [0, 0.05) is 31.2 Å². The van der Waals surface area contributed by atoms with Gasteiger partial charge in [-0.2, -0.15) is 4.31 Å². The van der Waals surface area contributed by atoms with E-state index < -0.39 is 21.7 Å². The summed E-state index contributed by atoms with van der Waals surface area (Å²) in [7, 11) is -3.58. The molecule has 2 aliphatic heterocycles. The van der Waals surface area contributed by atoms with Crippen molar-refractivity contribution in [3.05, 3.63) is 28.8 Å². The average molecular weight is 516 g/mol. The zero-order chi connectivity index (χ0) is 24.9. The number of amides is 2. The van der Waals surface area contributed by atoms with Gasteiger partial charge in [-0.1, -0.05) is 18.0 Å². The largest absolute Gasteiger partial charge is 0.444 e. The van der Waals surface area contributed by atoms with Crippen molar-refractivity contribution in [2.75, 3.05) is 32.8 Å². The van der Waals surface area contributed by atoms with Crippen molar-refractivity contribution in [2.24, 2.45) is 0 Å². The van der Waals surface area contributed by atoms with Crippen LogP contribution in [-0.2, 0) is 30.9 Å². The van der Waals surface area contributed by atoms with Crippen molar-refractivity contribution < 1.29 is 27.5 Å². The van der Waals surface area contributed by atoms with E-state index in [1.807, 2.05) is 0 Å². The first-order chi connectivity index (χ1) is 16.0. The lowest BCUT2D eigenvalue weighted by molar-refractivity contribution is -0.135. The number of alkyl carbamates (subject to hydrolysis) is 1. The Morgan fingerprint density at radius 1 is 1.15 bits per heavy atom. The quantitative estimate of drug-likeness (QED) is 0.598.